The van der Waals surface area contributed by atoms with Gasteiger partial charge in [0.1, 0.15) is 0 Å². The molecule has 0 saturated carbocycles. The summed E-state index contributed by atoms with van der Waals surface area (Å²) in [6.45, 7) is 0. The smallest absolute Gasteiger partial charge is 0.242 e. The second-order valence-electron chi connectivity index (χ2n) is 0.547. The van der Waals surface area contributed by atoms with Gasteiger partial charge in [0.2, 0.25) is 0 Å². The van der Waals surface area contributed by atoms with E-state index in [2.05, 4.69) is 9.32 Å². The Hall–Kier alpha value is -1.02. The normalized spacial score (nSPS) is 5.71. The van der Waals surface area contributed by atoms with Crippen LogP contribution in [-0.4, -0.2) is 21.9 Å². The number of hydrogen-bond acceptors (Lipinski definition) is 4. The third kappa shape index (κ3) is 4.98. The molecule has 0 spiro atoms. The summed E-state index contributed by atoms with van der Waals surface area (Å²) < 4.78 is 6.51. The van der Waals surface area contributed by atoms with E-state index in [0.717, 1.165) is 0 Å². The highest BCUT2D eigenvalue weighted by molar-refractivity contribution is 6.33. The Balaban J connectivity index is 3.33. The van der Waals surface area contributed by atoms with Gasteiger partial charge in [0.15, 0.2) is 0 Å². The lowest BCUT2D eigenvalue weighted by molar-refractivity contribution is 1.54. The van der Waals surface area contributed by atoms with Gasteiger partial charge >= 0.3 is 9.84 Å². The predicted octanol–water partition coefficient (Wildman–Crippen LogP) is 0.0259. The first-order valence-electron chi connectivity index (χ1n) is 1.39. The molecule has 0 aromatic carbocycles. The van der Waals surface area contributed by atoms with Crippen LogP contribution in [0.25, 0.3) is 0 Å². The van der Waals surface area contributed by atoms with E-state index >= 15 is 0 Å². The average Bonchev–Trinajstić information content (AvgIpc) is 1.69. The predicted molar refractivity (Wildman–Crippen MR) is 26.1 cm³/mol. The van der Waals surface area contributed by atoms with Gasteiger partial charge in [0.05, 0.1) is 12.0 Å². The summed E-state index contributed by atoms with van der Waals surface area (Å²) in [5, 5.41) is 12.4. The van der Waals surface area contributed by atoms with Crippen LogP contribution in [0.15, 0.2) is 9.32 Å². The third-order valence-corrected chi connectivity index (χ3v) is 0.635. The maximum Gasteiger partial charge on any atom is 0.400 e. The maximum absolute atomic E-state index is 6.22. The average molecular weight is 110 g/mol. The minimum Gasteiger partial charge on any atom is -0.242 e. The van der Waals surface area contributed by atoms with E-state index in [1.54, 1.807) is 12.0 Å². The lowest BCUT2D eigenvalue weighted by atomic mass is 11.6. The van der Waals surface area contributed by atoms with Crippen molar-refractivity contribution in [2.45, 2.75) is 0 Å². The van der Waals surface area contributed by atoms with Crippen molar-refractivity contribution in [1.82, 2.24) is 0 Å². The van der Waals surface area contributed by atoms with E-state index < -0.39 is 0 Å². The molecule has 7 heavy (non-hydrogen) atoms. The molecule has 0 saturated heterocycles. The van der Waals surface area contributed by atoms with Gasteiger partial charge in [0, 0.05) is 0 Å². The quantitative estimate of drug-likeness (QED) is 0.372. The summed E-state index contributed by atoms with van der Waals surface area (Å²) in [5.41, 5.74) is 0. The Kier molecular flexibility index (Phi) is 4.25. The van der Waals surface area contributed by atoms with Crippen LogP contribution >= 0.6 is 0 Å². The first kappa shape index (κ1) is 5.98. The Morgan fingerprint density at radius 1 is 1.14 bits per heavy atom. The maximum atomic E-state index is 6.22. The van der Waals surface area contributed by atoms with Gasteiger partial charge in [-0.05, 0) is 0 Å². The molecule has 0 aliphatic rings. The molecule has 0 heterocycles. The van der Waals surface area contributed by atoms with Crippen molar-refractivity contribution in [2.24, 2.45) is 9.32 Å². The molecule has 0 aromatic rings. The minimum absolute atomic E-state index is 0.115. The van der Waals surface area contributed by atoms with Gasteiger partial charge in [0.25, 0.3) is 0 Å². The van der Waals surface area contributed by atoms with Crippen LogP contribution in [0.4, 0.5) is 0 Å². The van der Waals surface area contributed by atoms with Crippen LogP contribution < -0.4 is 0 Å². The van der Waals surface area contributed by atoms with Gasteiger partial charge < -0.3 is 0 Å². The van der Waals surface area contributed by atoms with Crippen LogP contribution in [0.2, 0.25) is 0 Å². The van der Waals surface area contributed by atoms with Crippen LogP contribution in [0, 0.1) is 10.8 Å². The molecule has 2 radical (unpaired) electrons. The molecule has 0 atom stereocenters. The monoisotopic (exact) mass is 110 g/mol. The first-order valence-corrected chi connectivity index (χ1v) is 2.29. The lowest BCUT2D eigenvalue weighted by Crippen LogP contribution is -1.73. The van der Waals surface area contributed by atoms with E-state index in [1.807, 2.05) is 0 Å². The number of hydrogen-bond donors (Lipinski definition) is 2. The molecule has 2 N–H and O–H groups in total. The van der Waals surface area contributed by atoms with Crippen molar-refractivity contribution in [3.05, 3.63) is 0 Å². The highest BCUT2D eigenvalue weighted by Crippen LogP contribution is 1.56. The molecule has 0 bridgehead atoms. The fraction of sp³-hybridized carbons (Fsp3) is 0. The van der Waals surface area contributed by atoms with Crippen molar-refractivity contribution in [3.63, 3.8) is 0 Å². The molecule has 0 amide bonds. The summed E-state index contributed by atoms with van der Waals surface area (Å²) in [6, 6.07) is 3.55. The second kappa shape index (κ2) is 4.98. The van der Waals surface area contributed by atoms with E-state index in [9.17, 15) is 0 Å². The van der Waals surface area contributed by atoms with Gasteiger partial charge in [-0.1, -0.05) is 0 Å². The molecule has 5 heteroatoms. The van der Waals surface area contributed by atoms with E-state index in [4.69, 9.17) is 10.8 Å². The first-order chi connectivity index (χ1) is 3.41. The molecular formula is C2H2N4Si. The SMILES string of the molecule is N=C=N[Si]N=C=N. The Morgan fingerprint density at radius 2 is 1.57 bits per heavy atom. The topological polar surface area (TPSA) is 72.4 Å². The third-order valence-electron chi connectivity index (χ3n) is 0.212. The molecule has 34 valence electrons. The number of nitrogens with one attached hydrogen (secondary N) is 2. The van der Waals surface area contributed by atoms with Gasteiger partial charge in [-0.15, -0.1) is 0 Å². The zero-order chi connectivity index (χ0) is 5.54. The van der Waals surface area contributed by atoms with Crippen LogP contribution in [0.1, 0.15) is 0 Å². The van der Waals surface area contributed by atoms with E-state index in [-0.39, 0.29) is 9.84 Å². The molecule has 0 rings (SSSR count). The summed E-state index contributed by atoms with van der Waals surface area (Å²) in [6.07, 6.45) is 0. The molecular weight excluding hydrogens is 108 g/mol. The molecule has 4 nitrogen and oxygen atoms in total. The lowest BCUT2D eigenvalue weighted by Gasteiger charge is -1.61. The molecule has 0 aromatic heterocycles. The summed E-state index contributed by atoms with van der Waals surface area (Å²) in [4.78, 5) is 0. The van der Waals surface area contributed by atoms with Crippen LogP contribution in [-0.2, 0) is 0 Å². The molecule has 0 fully saturated rings. The van der Waals surface area contributed by atoms with Crippen LogP contribution in [0.3, 0.4) is 0 Å². The highest BCUT2D eigenvalue weighted by Gasteiger charge is 1.69. The fourth-order valence-electron chi connectivity index (χ4n) is 0.0750. The Morgan fingerprint density at radius 3 is 1.86 bits per heavy atom. The zero-order valence-corrected chi connectivity index (χ0v) is 4.39. The fourth-order valence-corrected chi connectivity index (χ4v) is 0.225. The summed E-state index contributed by atoms with van der Waals surface area (Å²) in [5.74, 6) is 0. The van der Waals surface area contributed by atoms with Crippen molar-refractivity contribution < 1.29 is 0 Å². The molecule has 0 unspecified atom stereocenters. The second-order valence-corrected chi connectivity index (χ2v) is 1.19. The summed E-state index contributed by atoms with van der Waals surface area (Å²) >= 11 is 0. The van der Waals surface area contributed by atoms with Gasteiger partial charge in [-0.25, -0.2) is 20.1 Å². The molecule has 0 aliphatic carbocycles. The standard InChI is InChI=1S/C2H2N4Si/c3-1-5-7-6-2-4/h3-4H. The van der Waals surface area contributed by atoms with Crippen molar-refractivity contribution in [1.29, 1.82) is 10.8 Å². The Bertz CT molecular complexity index is 113. The largest absolute Gasteiger partial charge is 0.400 e. The molecule has 0 aliphatic heterocycles. The zero-order valence-electron chi connectivity index (χ0n) is 3.39. The van der Waals surface area contributed by atoms with Gasteiger partial charge in [-0.2, -0.15) is 0 Å². The number of nitrogens with zero attached hydrogens (tertiary/aromatic N) is 2. The minimum atomic E-state index is -0.115. The Labute approximate surface area is 43.0 Å². The van der Waals surface area contributed by atoms with Crippen molar-refractivity contribution in [3.8, 4) is 0 Å². The summed E-state index contributed by atoms with van der Waals surface area (Å²) in [7, 11) is -0.115. The van der Waals surface area contributed by atoms with Crippen molar-refractivity contribution >= 4 is 21.9 Å². The van der Waals surface area contributed by atoms with Crippen LogP contribution in [0.5, 0.6) is 0 Å². The highest BCUT2D eigenvalue weighted by atomic mass is 28.2. The van der Waals surface area contributed by atoms with E-state index in [1.165, 1.54) is 0 Å². The number of rotatable bonds is 2. The van der Waals surface area contributed by atoms with Gasteiger partial charge in [-0.3, -0.25) is 0 Å². The van der Waals surface area contributed by atoms with E-state index in [0.29, 0.717) is 0 Å². The van der Waals surface area contributed by atoms with Crippen molar-refractivity contribution in [2.75, 3.05) is 0 Å².